The maximum atomic E-state index is 14.4. The monoisotopic (exact) mass is 635 g/mol. The summed E-state index contributed by atoms with van der Waals surface area (Å²) < 4.78 is 54.0. The number of amides is 3. The van der Waals surface area contributed by atoms with Gasteiger partial charge in [-0.15, -0.1) is 0 Å². The largest absolute Gasteiger partial charge is 0.478 e. The Balaban J connectivity index is 1.54. The van der Waals surface area contributed by atoms with E-state index in [4.69, 9.17) is 0 Å². The van der Waals surface area contributed by atoms with Crippen molar-refractivity contribution in [2.45, 2.75) is 44.4 Å². The first-order chi connectivity index (χ1) is 21.0. The van der Waals surface area contributed by atoms with Gasteiger partial charge in [0.1, 0.15) is 17.4 Å². The predicted octanol–water partition coefficient (Wildman–Crippen LogP) is 3.53. The average molecular weight is 636 g/mol. The lowest BCUT2D eigenvalue weighted by Gasteiger charge is -2.44. The van der Waals surface area contributed by atoms with Gasteiger partial charge in [-0.05, 0) is 75.3 Å². The summed E-state index contributed by atoms with van der Waals surface area (Å²) in [5.41, 5.74) is -2.23. The third-order valence-corrected chi connectivity index (χ3v) is 8.42. The fourth-order valence-electron chi connectivity index (χ4n) is 5.77. The summed E-state index contributed by atoms with van der Waals surface area (Å²) in [5, 5.41) is 11.8. The van der Waals surface area contributed by atoms with Crippen LogP contribution in [0.5, 0.6) is 0 Å². The maximum Gasteiger partial charge on any atom is 0.416 e. The Morgan fingerprint density at radius 1 is 1.04 bits per heavy atom. The second kappa shape index (κ2) is 13.0. The van der Waals surface area contributed by atoms with Crippen molar-refractivity contribution in [2.24, 2.45) is 5.92 Å². The topological polar surface area (TPSA) is 113 Å². The van der Waals surface area contributed by atoms with Crippen LogP contribution in [0.25, 0.3) is 0 Å². The number of likely N-dealkylation sites (tertiary alicyclic amines) is 1. The number of rotatable bonds is 9. The predicted molar refractivity (Wildman–Crippen MR) is 157 cm³/mol. The van der Waals surface area contributed by atoms with Crippen LogP contribution in [-0.4, -0.2) is 102 Å². The van der Waals surface area contributed by atoms with Gasteiger partial charge in [0.15, 0.2) is 0 Å². The van der Waals surface area contributed by atoms with Crippen molar-refractivity contribution in [3.05, 3.63) is 65.0 Å². The van der Waals surface area contributed by atoms with Crippen LogP contribution in [0.3, 0.4) is 0 Å². The first-order valence-corrected chi connectivity index (χ1v) is 14.6. The number of likely N-dealkylation sites (N-methyl/N-ethyl adjacent to an activating group) is 1. The summed E-state index contributed by atoms with van der Waals surface area (Å²) in [6, 6.07) is 6.62. The standard InChI is InChI=1S/C31H37F4N5O5/c1-19(2)25(36-26(41)23-17-21(31(33,34)35)7-10-24(23)32)27(42)38-13-11-30(12-14-38)29(45)39(16-15-37(3)4)18-40(30)22-8-5-20(6-9-22)28(43)44/h5-10,17,19,25H,11-16,18H2,1-4H3,(H,36,41)(H,43,44). The Hall–Kier alpha value is -4.20. The summed E-state index contributed by atoms with van der Waals surface area (Å²) in [5.74, 6) is -4.44. The molecule has 2 aromatic rings. The van der Waals surface area contributed by atoms with Gasteiger partial charge >= 0.3 is 12.1 Å². The molecule has 10 nitrogen and oxygen atoms in total. The second-order valence-corrected chi connectivity index (χ2v) is 12.0. The number of halogens is 4. The van der Waals surface area contributed by atoms with Crippen LogP contribution < -0.4 is 10.2 Å². The van der Waals surface area contributed by atoms with Crippen molar-refractivity contribution in [2.75, 3.05) is 51.8 Å². The number of hydrogen-bond donors (Lipinski definition) is 2. The Morgan fingerprint density at radius 3 is 2.20 bits per heavy atom. The van der Waals surface area contributed by atoms with E-state index in [9.17, 15) is 41.8 Å². The van der Waals surface area contributed by atoms with E-state index in [-0.39, 0.29) is 44.1 Å². The molecule has 1 atom stereocenters. The van der Waals surface area contributed by atoms with E-state index in [1.54, 1.807) is 30.9 Å². The molecule has 14 heteroatoms. The van der Waals surface area contributed by atoms with Crippen LogP contribution in [-0.2, 0) is 15.8 Å². The maximum absolute atomic E-state index is 14.4. The highest BCUT2D eigenvalue weighted by molar-refractivity contribution is 5.98. The van der Waals surface area contributed by atoms with Gasteiger partial charge in [-0.3, -0.25) is 14.4 Å². The van der Waals surface area contributed by atoms with Crippen molar-refractivity contribution in [1.82, 2.24) is 20.0 Å². The molecular formula is C31H37F4N5O5. The van der Waals surface area contributed by atoms with Crippen molar-refractivity contribution in [3.8, 4) is 0 Å². The van der Waals surface area contributed by atoms with Crippen LogP contribution in [0, 0.1) is 11.7 Å². The lowest BCUT2D eigenvalue weighted by molar-refractivity contribution is -0.140. The number of alkyl halides is 3. The molecule has 2 aliphatic heterocycles. The Bertz CT molecular complexity index is 1440. The van der Waals surface area contributed by atoms with Crippen LogP contribution in [0.2, 0.25) is 0 Å². The number of aromatic carboxylic acids is 1. The van der Waals surface area contributed by atoms with Gasteiger partial charge in [-0.2, -0.15) is 13.2 Å². The normalized spacial score (nSPS) is 17.4. The highest BCUT2D eigenvalue weighted by Crippen LogP contribution is 2.40. The number of carboxylic acid groups (broad SMARTS) is 1. The summed E-state index contributed by atoms with van der Waals surface area (Å²) in [7, 11) is 3.79. The zero-order chi connectivity index (χ0) is 33.3. The molecule has 3 amide bonds. The van der Waals surface area contributed by atoms with E-state index in [2.05, 4.69) is 5.32 Å². The molecule has 0 aliphatic carbocycles. The molecule has 2 heterocycles. The Morgan fingerprint density at radius 2 is 1.67 bits per heavy atom. The number of carbonyl (C=O) groups is 4. The van der Waals surface area contributed by atoms with Crippen LogP contribution in [0.4, 0.5) is 23.2 Å². The third kappa shape index (κ3) is 7.05. The number of benzene rings is 2. The van der Waals surface area contributed by atoms with E-state index in [0.29, 0.717) is 37.0 Å². The molecule has 0 bridgehead atoms. The molecular weight excluding hydrogens is 598 g/mol. The van der Waals surface area contributed by atoms with E-state index >= 15 is 0 Å². The summed E-state index contributed by atoms with van der Waals surface area (Å²) in [4.78, 5) is 59.0. The molecule has 1 spiro atoms. The molecule has 2 aromatic carbocycles. The van der Waals surface area contributed by atoms with Gasteiger partial charge in [0.2, 0.25) is 11.8 Å². The molecule has 1 unspecified atom stereocenters. The smallest absolute Gasteiger partial charge is 0.416 e. The fraction of sp³-hybridized carbons (Fsp3) is 0.484. The third-order valence-electron chi connectivity index (χ3n) is 8.42. The van der Waals surface area contributed by atoms with Crippen molar-refractivity contribution >= 4 is 29.4 Å². The highest BCUT2D eigenvalue weighted by atomic mass is 19.4. The highest BCUT2D eigenvalue weighted by Gasteiger charge is 2.54. The number of anilines is 1. The molecule has 0 radical (unpaired) electrons. The van der Waals surface area contributed by atoms with Crippen LogP contribution in [0.15, 0.2) is 42.5 Å². The lowest BCUT2D eigenvalue weighted by atomic mass is 9.84. The quantitative estimate of drug-likeness (QED) is 0.406. The number of nitrogens with one attached hydrogen (secondary N) is 1. The molecule has 0 saturated carbocycles. The van der Waals surface area contributed by atoms with E-state index < -0.39 is 58.4 Å². The summed E-state index contributed by atoms with van der Waals surface area (Å²) in [6.45, 7) is 4.97. The van der Waals surface area contributed by atoms with E-state index in [0.717, 1.165) is 0 Å². The zero-order valence-corrected chi connectivity index (χ0v) is 25.5. The molecule has 45 heavy (non-hydrogen) atoms. The fourth-order valence-corrected chi connectivity index (χ4v) is 5.77. The molecule has 2 aliphatic rings. The molecule has 2 saturated heterocycles. The minimum Gasteiger partial charge on any atom is -0.478 e. The van der Waals surface area contributed by atoms with E-state index in [1.165, 1.54) is 17.0 Å². The van der Waals surface area contributed by atoms with Crippen molar-refractivity contribution in [3.63, 3.8) is 0 Å². The van der Waals surface area contributed by atoms with Gasteiger partial charge in [0.05, 0.1) is 23.4 Å². The molecule has 2 fully saturated rings. The second-order valence-electron chi connectivity index (χ2n) is 12.0. The average Bonchev–Trinajstić information content (AvgIpc) is 3.24. The first-order valence-electron chi connectivity index (χ1n) is 14.6. The van der Waals surface area contributed by atoms with Crippen LogP contribution >= 0.6 is 0 Å². The lowest BCUT2D eigenvalue weighted by Crippen LogP contribution is -2.60. The van der Waals surface area contributed by atoms with Gasteiger partial charge in [0, 0.05) is 31.9 Å². The minimum absolute atomic E-state index is 0.104. The van der Waals surface area contributed by atoms with Crippen molar-refractivity contribution in [1.29, 1.82) is 0 Å². The molecule has 244 valence electrons. The van der Waals surface area contributed by atoms with E-state index in [1.807, 2.05) is 23.9 Å². The van der Waals surface area contributed by atoms with Gasteiger partial charge in [-0.25, -0.2) is 9.18 Å². The Labute approximate surface area is 258 Å². The van der Waals surface area contributed by atoms with Gasteiger partial charge in [-0.1, -0.05) is 13.8 Å². The zero-order valence-electron chi connectivity index (χ0n) is 25.5. The number of hydrogen-bond acceptors (Lipinski definition) is 6. The molecule has 0 aromatic heterocycles. The number of carboxylic acids is 1. The van der Waals surface area contributed by atoms with Gasteiger partial charge < -0.3 is 30.0 Å². The molecule has 2 N–H and O–H groups in total. The van der Waals surface area contributed by atoms with Crippen LogP contribution in [0.1, 0.15) is 53.0 Å². The minimum atomic E-state index is -4.79. The van der Waals surface area contributed by atoms with Gasteiger partial charge in [0.25, 0.3) is 5.91 Å². The number of nitrogens with zero attached hydrogens (tertiary/aromatic N) is 4. The number of carbonyl (C=O) groups excluding carboxylic acids is 3. The summed E-state index contributed by atoms with van der Waals surface area (Å²) >= 11 is 0. The first kappa shape index (κ1) is 33.7. The van der Waals surface area contributed by atoms with Crippen molar-refractivity contribution < 1.29 is 41.8 Å². The molecule has 4 rings (SSSR count). The summed E-state index contributed by atoms with van der Waals surface area (Å²) in [6.07, 6.45) is -4.29. The Kier molecular flexibility index (Phi) is 9.76. The number of piperidine rings is 1. The SMILES string of the molecule is CC(C)C(NC(=O)c1cc(C(F)(F)F)ccc1F)C(=O)N1CCC2(CC1)C(=O)N(CCN(C)C)CN2c1ccc(C(=O)O)cc1.